The predicted molar refractivity (Wildman–Crippen MR) is 126 cm³/mol. The molecule has 0 unspecified atom stereocenters. The Morgan fingerprint density at radius 1 is 1.03 bits per heavy atom. The number of hydrogen-bond acceptors (Lipinski definition) is 4. The lowest BCUT2D eigenvalue weighted by atomic mass is 9.87. The van der Waals surface area contributed by atoms with E-state index in [9.17, 15) is 18.0 Å². The maximum atomic E-state index is 13.3. The number of aromatic amines is 1. The van der Waals surface area contributed by atoms with E-state index in [4.69, 9.17) is 0 Å². The Hall–Kier alpha value is -2.97. The van der Waals surface area contributed by atoms with Gasteiger partial charge < -0.3 is 10.3 Å². The summed E-state index contributed by atoms with van der Waals surface area (Å²) in [4.78, 5) is 27.5. The van der Waals surface area contributed by atoms with E-state index >= 15 is 0 Å². The number of aryl methyl sites for hydroxylation is 1. The summed E-state index contributed by atoms with van der Waals surface area (Å²) in [7, 11) is -3.75. The van der Waals surface area contributed by atoms with E-state index in [1.54, 1.807) is 18.2 Å². The topological polar surface area (TPSA) is 99.3 Å². The number of rotatable bonds is 4. The largest absolute Gasteiger partial charge is 0.349 e. The number of fused-ring (bicyclic) bond motifs is 2. The normalized spacial score (nSPS) is 21.5. The fourth-order valence-corrected chi connectivity index (χ4v) is 6.57. The highest BCUT2D eigenvalue weighted by molar-refractivity contribution is 7.89. The minimum atomic E-state index is -3.75. The van der Waals surface area contributed by atoms with Crippen LogP contribution in [0.4, 0.5) is 0 Å². The molecule has 1 aliphatic heterocycles. The molecule has 0 radical (unpaired) electrons. The molecule has 2 atom stereocenters. The van der Waals surface area contributed by atoms with Gasteiger partial charge in [0.2, 0.25) is 21.5 Å². The molecule has 7 nitrogen and oxygen atoms in total. The molecular weight excluding hydrogens is 438 g/mol. The van der Waals surface area contributed by atoms with Crippen molar-refractivity contribution in [1.29, 1.82) is 0 Å². The second kappa shape index (κ2) is 8.76. The van der Waals surface area contributed by atoms with Gasteiger partial charge in [-0.05, 0) is 72.9 Å². The van der Waals surface area contributed by atoms with Crippen LogP contribution in [-0.2, 0) is 21.2 Å². The van der Waals surface area contributed by atoms with Gasteiger partial charge in [0.1, 0.15) is 0 Å². The van der Waals surface area contributed by atoms with Gasteiger partial charge in [0.25, 0.3) is 0 Å². The van der Waals surface area contributed by atoms with Gasteiger partial charge >= 0.3 is 0 Å². The summed E-state index contributed by atoms with van der Waals surface area (Å²) in [6.45, 7) is 0.564. The molecule has 2 N–H and O–H groups in total. The molecule has 8 heteroatoms. The van der Waals surface area contributed by atoms with Crippen molar-refractivity contribution < 1.29 is 13.2 Å². The number of carbonyl (C=O) groups excluding carboxylic acids is 1. The Labute approximate surface area is 192 Å². The van der Waals surface area contributed by atoms with Crippen molar-refractivity contribution in [2.75, 3.05) is 13.1 Å². The van der Waals surface area contributed by atoms with Gasteiger partial charge in [0, 0.05) is 24.7 Å². The number of nitrogens with one attached hydrogen (secondary N) is 2. The molecule has 0 saturated carbocycles. The van der Waals surface area contributed by atoms with E-state index in [-0.39, 0.29) is 34.9 Å². The number of benzene rings is 2. The summed E-state index contributed by atoms with van der Waals surface area (Å²) in [5, 5.41) is 3.84. The van der Waals surface area contributed by atoms with Gasteiger partial charge in [-0.15, -0.1) is 0 Å². The Morgan fingerprint density at radius 2 is 1.88 bits per heavy atom. The molecule has 2 aromatic carbocycles. The monoisotopic (exact) mass is 465 g/mol. The second-order valence-electron chi connectivity index (χ2n) is 8.93. The molecule has 2 heterocycles. The van der Waals surface area contributed by atoms with Crippen molar-refractivity contribution in [2.45, 2.75) is 43.0 Å². The fraction of sp³-hybridized carbons (Fsp3) is 0.360. The molecule has 2 aliphatic rings. The van der Waals surface area contributed by atoms with Crippen molar-refractivity contribution in [3.05, 3.63) is 76.1 Å². The second-order valence-corrected chi connectivity index (χ2v) is 10.9. The van der Waals surface area contributed by atoms with E-state index in [0.717, 1.165) is 19.3 Å². The van der Waals surface area contributed by atoms with Crippen LogP contribution < -0.4 is 10.9 Å². The number of pyridine rings is 1. The minimum absolute atomic E-state index is 0.0166. The smallest absolute Gasteiger partial charge is 0.248 e. The van der Waals surface area contributed by atoms with Crippen LogP contribution in [0.1, 0.15) is 42.9 Å². The van der Waals surface area contributed by atoms with E-state index in [0.29, 0.717) is 30.3 Å². The van der Waals surface area contributed by atoms with E-state index < -0.39 is 10.0 Å². The van der Waals surface area contributed by atoms with Crippen LogP contribution >= 0.6 is 0 Å². The molecule has 0 spiro atoms. The molecule has 1 saturated heterocycles. The van der Waals surface area contributed by atoms with Gasteiger partial charge in [0.05, 0.1) is 16.9 Å². The highest BCUT2D eigenvalue weighted by atomic mass is 32.2. The van der Waals surface area contributed by atoms with Crippen LogP contribution in [0.25, 0.3) is 10.9 Å². The lowest BCUT2D eigenvalue weighted by Crippen LogP contribution is -2.46. The van der Waals surface area contributed by atoms with Crippen molar-refractivity contribution >= 4 is 26.8 Å². The minimum Gasteiger partial charge on any atom is -0.349 e. The highest BCUT2D eigenvalue weighted by Gasteiger charge is 2.34. The Bertz CT molecular complexity index is 1370. The zero-order chi connectivity index (χ0) is 23.0. The van der Waals surface area contributed by atoms with E-state index in [1.807, 2.05) is 12.1 Å². The summed E-state index contributed by atoms with van der Waals surface area (Å²) in [6.07, 6.45) is 4.26. The first-order valence-corrected chi connectivity index (χ1v) is 12.9. The molecule has 1 aromatic heterocycles. The first-order valence-electron chi connectivity index (χ1n) is 11.4. The van der Waals surface area contributed by atoms with Crippen molar-refractivity contribution in [2.24, 2.45) is 5.92 Å². The number of hydrogen-bond donors (Lipinski definition) is 2. The molecule has 5 rings (SSSR count). The van der Waals surface area contributed by atoms with Crippen LogP contribution in [0, 0.1) is 5.92 Å². The Morgan fingerprint density at radius 3 is 2.76 bits per heavy atom. The molecule has 0 bridgehead atoms. The quantitative estimate of drug-likeness (QED) is 0.618. The van der Waals surface area contributed by atoms with Crippen LogP contribution in [-0.4, -0.2) is 36.7 Å². The van der Waals surface area contributed by atoms with Gasteiger partial charge in [-0.2, -0.15) is 4.31 Å². The lowest BCUT2D eigenvalue weighted by Gasteiger charge is -2.33. The van der Waals surface area contributed by atoms with Crippen molar-refractivity contribution in [3.8, 4) is 0 Å². The molecule has 1 fully saturated rings. The molecule has 33 heavy (non-hydrogen) atoms. The van der Waals surface area contributed by atoms with Crippen LogP contribution in [0.3, 0.4) is 0 Å². The van der Waals surface area contributed by atoms with E-state index in [1.165, 1.54) is 27.6 Å². The molecule has 172 valence electrons. The first-order chi connectivity index (χ1) is 15.9. The summed E-state index contributed by atoms with van der Waals surface area (Å²) >= 11 is 0. The number of sulfonamides is 1. The third kappa shape index (κ3) is 4.32. The average Bonchev–Trinajstić information content (AvgIpc) is 2.84. The summed E-state index contributed by atoms with van der Waals surface area (Å²) in [5.74, 6) is -0.452. The molecule has 1 amide bonds. The van der Waals surface area contributed by atoms with Crippen LogP contribution in [0.15, 0.2) is 64.3 Å². The number of amides is 1. The van der Waals surface area contributed by atoms with Gasteiger partial charge in [-0.3, -0.25) is 9.59 Å². The standard InChI is InChI=1S/C25H27N3O4S/c29-24-13-10-18-15-20(11-12-22(18)26-24)33(31,32)28-14-4-7-19(16-28)25(30)27-23-9-3-6-17-5-1-2-8-21(17)23/h1-2,5,8,10-13,15,19,23H,3-4,6-7,9,14,16H2,(H,26,29)(H,27,30)/t19-,23-/m0/s1. The molecule has 3 aromatic rings. The maximum Gasteiger partial charge on any atom is 0.248 e. The fourth-order valence-electron chi connectivity index (χ4n) is 5.01. The summed E-state index contributed by atoms with van der Waals surface area (Å²) < 4.78 is 28.1. The first kappa shape index (κ1) is 21.9. The van der Waals surface area contributed by atoms with Gasteiger partial charge in [-0.25, -0.2) is 8.42 Å². The highest BCUT2D eigenvalue weighted by Crippen LogP contribution is 2.31. The summed E-state index contributed by atoms with van der Waals surface area (Å²) in [5.41, 5.74) is 2.81. The van der Waals surface area contributed by atoms with E-state index in [2.05, 4.69) is 22.4 Å². The number of H-pyrrole nitrogens is 1. The Kier molecular flexibility index (Phi) is 5.80. The van der Waals surface area contributed by atoms with Crippen LogP contribution in [0.2, 0.25) is 0 Å². The molecular formula is C25H27N3O4S. The van der Waals surface area contributed by atoms with Crippen molar-refractivity contribution in [1.82, 2.24) is 14.6 Å². The maximum absolute atomic E-state index is 13.3. The van der Waals surface area contributed by atoms with Gasteiger partial charge in [0.15, 0.2) is 0 Å². The Balaban J connectivity index is 1.33. The zero-order valence-corrected chi connectivity index (χ0v) is 19.1. The number of aromatic nitrogens is 1. The third-order valence-corrected chi connectivity index (χ3v) is 8.63. The molecule has 1 aliphatic carbocycles. The van der Waals surface area contributed by atoms with Crippen molar-refractivity contribution in [3.63, 3.8) is 0 Å². The predicted octanol–water partition coefficient (Wildman–Crippen LogP) is 3.12. The number of piperidine rings is 1. The zero-order valence-electron chi connectivity index (χ0n) is 18.3. The lowest BCUT2D eigenvalue weighted by molar-refractivity contribution is -0.127. The summed E-state index contributed by atoms with van der Waals surface area (Å²) in [6, 6.07) is 15.9. The SMILES string of the molecule is O=C(N[C@H]1CCCc2ccccc21)[C@H]1CCCN(S(=O)(=O)c2ccc3[nH]c(=O)ccc3c2)C1. The number of nitrogens with zero attached hydrogens (tertiary/aromatic N) is 1. The van der Waals surface area contributed by atoms with Gasteiger partial charge in [-0.1, -0.05) is 24.3 Å². The average molecular weight is 466 g/mol. The third-order valence-electron chi connectivity index (χ3n) is 6.77. The number of carbonyl (C=O) groups is 1. The van der Waals surface area contributed by atoms with Crippen LogP contribution in [0.5, 0.6) is 0 Å².